The van der Waals surface area contributed by atoms with Crippen LogP contribution in [0.15, 0.2) is 41.3 Å². The number of carbonyl (C=O) groups excluding carboxylic acids is 2. The van der Waals surface area contributed by atoms with Crippen molar-refractivity contribution in [1.29, 1.82) is 0 Å². The first-order chi connectivity index (χ1) is 15.8. The van der Waals surface area contributed by atoms with E-state index >= 15 is 0 Å². The number of esters is 1. The zero-order valence-electron chi connectivity index (χ0n) is 19.1. The van der Waals surface area contributed by atoms with Gasteiger partial charge in [0.1, 0.15) is 0 Å². The molecule has 0 N–H and O–H groups in total. The van der Waals surface area contributed by atoms with E-state index in [2.05, 4.69) is 0 Å². The Morgan fingerprint density at radius 2 is 1.59 bits per heavy atom. The van der Waals surface area contributed by atoms with Gasteiger partial charge in [-0.15, -0.1) is 0 Å². The fourth-order valence-corrected chi connectivity index (χ4v) is 5.67. The van der Waals surface area contributed by atoms with E-state index in [1.807, 2.05) is 19.9 Å². The summed E-state index contributed by atoms with van der Waals surface area (Å²) in [6.07, 6.45) is -4.64. The van der Waals surface area contributed by atoms with Gasteiger partial charge in [-0.25, -0.2) is 8.42 Å². The molecule has 1 fully saturated rings. The van der Waals surface area contributed by atoms with Crippen molar-refractivity contribution >= 4 is 21.8 Å². The average Bonchev–Trinajstić information content (AvgIpc) is 2.79. The van der Waals surface area contributed by atoms with Gasteiger partial charge in [0.15, 0.2) is 6.61 Å². The first-order valence-electron chi connectivity index (χ1n) is 10.8. The molecule has 0 unspecified atom stereocenters. The number of ketones is 1. The highest BCUT2D eigenvalue weighted by atomic mass is 32.2. The highest BCUT2D eigenvalue weighted by Crippen LogP contribution is 2.36. The Morgan fingerprint density at radius 1 is 1.00 bits per heavy atom. The van der Waals surface area contributed by atoms with Crippen molar-refractivity contribution in [3.05, 3.63) is 64.2 Å². The number of piperidine rings is 1. The molecule has 10 heteroatoms. The van der Waals surface area contributed by atoms with Crippen molar-refractivity contribution in [1.82, 2.24) is 4.31 Å². The standard InChI is InChI=1S/C24H26F3NO5S/c1-15-12-17(3)19(13-16(15)2)21(29)14-33-23(30)18-8-10-28(11-9-18)34(31,32)22-7-5-4-6-20(22)24(25,26)27/h4-7,12-13,18H,8-11,14H2,1-3H3. The molecule has 0 saturated carbocycles. The molecule has 0 aliphatic carbocycles. The monoisotopic (exact) mass is 497 g/mol. The number of carbonyl (C=O) groups is 2. The number of hydrogen-bond acceptors (Lipinski definition) is 5. The first kappa shape index (κ1) is 25.9. The summed E-state index contributed by atoms with van der Waals surface area (Å²) >= 11 is 0. The third kappa shape index (κ3) is 5.50. The van der Waals surface area contributed by atoms with Gasteiger partial charge in [-0.3, -0.25) is 9.59 Å². The Morgan fingerprint density at radius 3 is 2.21 bits per heavy atom. The number of rotatable bonds is 6. The van der Waals surface area contributed by atoms with Gasteiger partial charge < -0.3 is 4.74 Å². The zero-order chi connectivity index (χ0) is 25.3. The van der Waals surface area contributed by atoms with Crippen molar-refractivity contribution in [3.63, 3.8) is 0 Å². The van der Waals surface area contributed by atoms with Crippen LogP contribution < -0.4 is 0 Å². The molecule has 1 aliphatic rings. The molecule has 0 bridgehead atoms. The minimum Gasteiger partial charge on any atom is -0.457 e. The Bertz CT molecular complexity index is 1200. The molecule has 1 aliphatic heterocycles. The number of Topliss-reactive ketones (excluding diaryl/α,β-unsaturated/α-hetero) is 1. The van der Waals surface area contributed by atoms with E-state index in [4.69, 9.17) is 4.74 Å². The van der Waals surface area contributed by atoms with Crippen molar-refractivity contribution in [3.8, 4) is 0 Å². The molecular formula is C24H26F3NO5S. The summed E-state index contributed by atoms with van der Waals surface area (Å²) in [5, 5.41) is 0. The normalized spacial score (nSPS) is 15.8. The number of hydrogen-bond donors (Lipinski definition) is 0. The summed E-state index contributed by atoms with van der Waals surface area (Å²) in [4.78, 5) is 24.2. The fourth-order valence-electron chi connectivity index (χ4n) is 3.99. The average molecular weight is 498 g/mol. The van der Waals surface area contributed by atoms with Crippen molar-refractivity contribution in [2.24, 2.45) is 5.92 Å². The molecule has 0 amide bonds. The molecule has 6 nitrogen and oxygen atoms in total. The Kier molecular flexibility index (Phi) is 7.52. The summed E-state index contributed by atoms with van der Waals surface area (Å²) in [5.74, 6) is -1.60. The molecule has 2 aromatic carbocycles. The number of ether oxygens (including phenoxy) is 1. The third-order valence-electron chi connectivity index (χ3n) is 6.08. The molecule has 3 rings (SSSR count). The quantitative estimate of drug-likeness (QED) is 0.435. The molecule has 1 saturated heterocycles. The number of benzene rings is 2. The van der Waals surface area contributed by atoms with E-state index in [0.29, 0.717) is 5.56 Å². The molecule has 0 atom stereocenters. The highest BCUT2D eigenvalue weighted by Gasteiger charge is 2.40. The molecule has 0 spiro atoms. The van der Waals surface area contributed by atoms with Crippen LogP contribution in [0.2, 0.25) is 0 Å². The molecule has 1 heterocycles. The number of halogens is 3. The SMILES string of the molecule is Cc1cc(C)c(C(=O)COC(=O)C2CCN(S(=O)(=O)c3ccccc3C(F)(F)F)CC2)cc1C. The van der Waals surface area contributed by atoms with Crippen LogP contribution in [0.1, 0.15) is 45.5 Å². The van der Waals surface area contributed by atoms with Crippen LogP contribution in [0.5, 0.6) is 0 Å². The van der Waals surface area contributed by atoms with E-state index in [1.54, 1.807) is 13.0 Å². The van der Waals surface area contributed by atoms with E-state index in [0.717, 1.165) is 39.2 Å². The van der Waals surface area contributed by atoms with Gasteiger partial charge in [0.05, 0.1) is 16.4 Å². The van der Waals surface area contributed by atoms with Crippen molar-refractivity contribution in [2.45, 2.75) is 44.7 Å². The van der Waals surface area contributed by atoms with Gasteiger partial charge in [0.25, 0.3) is 0 Å². The Balaban J connectivity index is 1.61. The van der Waals surface area contributed by atoms with E-state index in [9.17, 15) is 31.2 Å². The lowest BCUT2D eigenvalue weighted by Gasteiger charge is -2.30. The summed E-state index contributed by atoms with van der Waals surface area (Å²) in [6, 6.07) is 7.66. The summed E-state index contributed by atoms with van der Waals surface area (Å²) < 4.78 is 71.7. The van der Waals surface area contributed by atoms with Gasteiger partial charge >= 0.3 is 12.1 Å². The van der Waals surface area contributed by atoms with Crippen LogP contribution in [-0.4, -0.2) is 44.2 Å². The topological polar surface area (TPSA) is 80.8 Å². The van der Waals surface area contributed by atoms with Gasteiger partial charge in [-0.05, 0) is 68.5 Å². The lowest BCUT2D eigenvalue weighted by Crippen LogP contribution is -2.41. The largest absolute Gasteiger partial charge is 0.457 e. The number of alkyl halides is 3. The smallest absolute Gasteiger partial charge is 0.417 e. The molecular weight excluding hydrogens is 471 g/mol. The van der Waals surface area contributed by atoms with Crippen LogP contribution in [-0.2, 0) is 25.7 Å². The predicted octanol–water partition coefficient (Wildman–Crippen LogP) is 4.46. The molecule has 0 aromatic heterocycles. The summed E-state index contributed by atoms with van der Waals surface area (Å²) in [7, 11) is -4.39. The highest BCUT2D eigenvalue weighted by molar-refractivity contribution is 7.89. The number of aryl methyl sites for hydroxylation is 3. The molecule has 2 aromatic rings. The maximum absolute atomic E-state index is 13.3. The Labute approximate surface area is 196 Å². The third-order valence-corrected chi connectivity index (χ3v) is 8.04. The predicted molar refractivity (Wildman–Crippen MR) is 119 cm³/mol. The number of sulfonamides is 1. The van der Waals surface area contributed by atoms with E-state index in [1.165, 1.54) is 6.07 Å². The lowest BCUT2D eigenvalue weighted by atomic mass is 9.97. The van der Waals surface area contributed by atoms with Crippen LogP contribution in [0.25, 0.3) is 0 Å². The number of nitrogens with zero attached hydrogens (tertiary/aromatic N) is 1. The fraction of sp³-hybridized carbons (Fsp3) is 0.417. The van der Waals surface area contributed by atoms with Gasteiger partial charge in [-0.2, -0.15) is 17.5 Å². The second kappa shape index (κ2) is 9.87. The van der Waals surface area contributed by atoms with Crippen LogP contribution in [0, 0.1) is 26.7 Å². The van der Waals surface area contributed by atoms with E-state index < -0.39 is 45.2 Å². The molecule has 34 heavy (non-hydrogen) atoms. The van der Waals surface area contributed by atoms with Crippen LogP contribution in [0.4, 0.5) is 13.2 Å². The zero-order valence-corrected chi connectivity index (χ0v) is 19.9. The maximum Gasteiger partial charge on any atom is 0.417 e. The maximum atomic E-state index is 13.3. The van der Waals surface area contributed by atoms with Gasteiger partial charge in [-0.1, -0.05) is 18.2 Å². The van der Waals surface area contributed by atoms with Crippen molar-refractivity contribution in [2.75, 3.05) is 19.7 Å². The molecule has 184 valence electrons. The minimum absolute atomic E-state index is 0.0864. The summed E-state index contributed by atoms with van der Waals surface area (Å²) in [5.41, 5.74) is 2.02. The van der Waals surface area contributed by atoms with Gasteiger partial charge in [0.2, 0.25) is 15.8 Å². The Hall–Kier alpha value is -2.72. The lowest BCUT2D eigenvalue weighted by molar-refractivity contribution is -0.148. The van der Waals surface area contributed by atoms with Crippen LogP contribution >= 0.6 is 0 Å². The van der Waals surface area contributed by atoms with Crippen LogP contribution in [0.3, 0.4) is 0 Å². The van der Waals surface area contributed by atoms with Gasteiger partial charge in [0, 0.05) is 18.7 Å². The first-order valence-corrected chi connectivity index (χ1v) is 12.2. The molecule has 0 radical (unpaired) electrons. The van der Waals surface area contributed by atoms with Crippen molar-refractivity contribution < 1.29 is 35.9 Å². The second-order valence-corrected chi connectivity index (χ2v) is 10.4. The minimum atomic E-state index is -4.81. The van der Waals surface area contributed by atoms with E-state index in [-0.39, 0.29) is 31.7 Å². The summed E-state index contributed by atoms with van der Waals surface area (Å²) in [6.45, 7) is 4.93. The second-order valence-electron chi connectivity index (χ2n) is 8.45.